The molecule has 1 aromatic heterocycles. The number of aromatic nitrogens is 2. The highest BCUT2D eigenvalue weighted by Crippen LogP contribution is 2.33. The maximum Gasteiger partial charge on any atom is 0.222 e. The van der Waals surface area contributed by atoms with Gasteiger partial charge in [0.25, 0.3) is 0 Å². The summed E-state index contributed by atoms with van der Waals surface area (Å²) in [4.78, 5) is 8.03. The van der Waals surface area contributed by atoms with Crippen LogP contribution < -0.4 is 11.5 Å². The number of anilines is 2. The first-order valence-electron chi connectivity index (χ1n) is 6.07. The van der Waals surface area contributed by atoms with Gasteiger partial charge in [0.05, 0.1) is 5.69 Å². The number of rotatable bonds is 2. The third kappa shape index (κ3) is 2.58. The molecule has 20 heavy (non-hydrogen) atoms. The monoisotopic (exact) mass is 331 g/mol. The minimum absolute atomic E-state index is 0.0640. The van der Waals surface area contributed by atoms with Gasteiger partial charge in [-0.15, -0.1) is 0 Å². The molecule has 1 aromatic carbocycles. The standard InChI is InChI=1S/C14H14BrN5/c1-7(2)10-5-8(15)3-4-9(10)12-11(6-16)13(17)20-14(18)19-12/h3-5,7H,1-2H3,(H4,17,18,19,20). The first kappa shape index (κ1) is 14.3. The van der Waals surface area contributed by atoms with Gasteiger partial charge in [0.1, 0.15) is 17.5 Å². The Kier molecular flexibility index (Phi) is 3.91. The summed E-state index contributed by atoms with van der Waals surface area (Å²) < 4.78 is 0.971. The highest BCUT2D eigenvalue weighted by Gasteiger charge is 2.17. The molecule has 0 saturated carbocycles. The lowest BCUT2D eigenvalue weighted by molar-refractivity contribution is 0.866. The van der Waals surface area contributed by atoms with E-state index in [-0.39, 0.29) is 23.2 Å². The van der Waals surface area contributed by atoms with E-state index < -0.39 is 0 Å². The van der Waals surface area contributed by atoms with Crippen molar-refractivity contribution in [1.82, 2.24) is 9.97 Å². The molecule has 0 atom stereocenters. The zero-order valence-corrected chi connectivity index (χ0v) is 12.8. The minimum Gasteiger partial charge on any atom is -0.382 e. The van der Waals surface area contributed by atoms with E-state index in [2.05, 4.69) is 45.8 Å². The lowest BCUT2D eigenvalue weighted by Gasteiger charge is -2.14. The van der Waals surface area contributed by atoms with Crippen LogP contribution >= 0.6 is 15.9 Å². The van der Waals surface area contributed by atoms with Crippen molar-refractivity contribution < 1.29 is 0 Å². The van der Waals surface area contributed by atoms with Gasteiger partial charge in [-0.25, -0.2) is 4.98 Å². The highest BCUT2D eigenvalue weighted by molar-refractivity contribution is 9.10. The van der Waals surface area contributed by atoms with Crippen LogP contribution in [0.5, 0.6) is 0 Å². The van der Waals surface area contributed by atoms with Gasteiger partial charge in [0.15, 0.2) is 0 Å². The average Bonchev–Trinajstić information content (AvgIpc) is 2.37. The Hall–Kier alpha value is -2.13. The molecule has 4 N–H and O–H groups in total. The zero-order chi connectivity index (χ0) is 14.9. The van der Waals surface area contributed by atoms with E-state index in [0.717, 1.165) is 15.6 Å². The summed E-state index contributed by atoms with van der Waals surface area (Å²) in [6, 6.07) is 7.87. The van der Waals surface area contributed by atoms with Crippen LogP contribution in [0.4, 0.5) is 11.8 Å². The molecule has 0 aliphatic rings. The molecule has 102 valence electrons. The van der Waals surface area contributed by atoms with Gasteiger partial charge in [-0.3, -0.25) is 0 Å². The van der Waals surface area contributed by atoms with Crippen molar-refractivity contribution in [2.75, 3.05) is 11.5 Å². The summed E-state index contributed by atoms with van der Waals surface area (Å²) in [7, 11) is 0. The van der Waals surface area contributed by atoms with E-state index in [9.17, 15) is 5.26 Å². The maximum absolute atomic E-state index is 9.28. The number of nitriles is 1. The maximum atomic E-state index is 9.28. The summed E-state index contributed by atoms with van der Waals surface area (Å²) in [6.07, 6.45) is 0. The molecule has 0 radical (unpaired) electrons. The van der Waals surface area contributed by atoms with Gasteiger partial charge in [0, 0.05) is 10.0 Å². The van der Waals surface area contributed by atoms with Gasteiger partial charge >= 0.3 is 0 Å². The van der Waals surface area contributed by atoms with E-state index in [0.29, 0.717) is 5.69 Å². The van der Waals surface area contributed by atoms with Crippen molar-refractivity contribution in [2.24, 2.45) is 0 Å². The van der Waals surface area contributed by atoms with Crippen LogP contribution in [0.25, 0.3) is 11.3 Å². The molecule has 2 aromatic rings. The second-order valence-electron chi connectivity index (χ2n) is 4.69. The first-order chi connectivity index (χ1) is 9.43. The Morgan fingerprint density at radius 2 is 1.95 bits per heavy atom. The van der Waals surface area contributed by atoms with Crippen LogP contribution in [-0.4, -0.2) is 9.97 Å². The van der Waals surface area contributed by atoms with Crippen molar-refractivity contribution in [1.29, 1.82) is 5.26 Å². The lowest BCUT2D eigenvalue weighted by atomic mass is 9.93. The van der Waals surface area contributed by atoms with Gasteiger partial charge in [0.2, 0.25) is 5.95 Å². The summed E-state index contributed by atoms with van der Waals surface area (Å²) in [5, 5.41) is 9.28. The summed E-state index contributed by atoms with van der Waals surface area (Å²) in [5.74, 6) is 0.438. The van der Waals surface area contributed by atoms with Gasteiger partial charge in [-0.1, -0.05) is 35.8 Å². The third-order valence-corrected chi connectivity index (χ3v) is 3.45. The van der Waals surface area contributed by atoms with Crippen LogP contribution in [0.2, 0.25) is 0 Å². The van der Waals surface area contributed by atoms with Crippen molar-refractivity contribution in [3.8, 4) is 17.3 Å². The van der Waals surface area contributed by atoms with Gasteiger partial charge in [-0.05, 0) is 23.6 Å². The van der Waals surface area contributed by atoms with Crippen molar-refractivity contribution in [3.05, 3.63) is 33.8 Å². The molecule has 0 aliphatic carbocycles. The Balaban J connectivity index is 2.78. The summed E-state index contributed by atoms with van der Waals surface area (Å²) >= 11 is 3.45. The van der Waals surface area contributed by atoms with E-state index in [1.54, 1.807) is 0 Å². The SMILES string of the molecule is CC(C)c1cc(Br)ccc1-c1nc(N)nc(N)c1C#N. The zero-order valence-electron chi connectivity index (χ0n) is 11.2. The van der Waals surface area contributed by atoms with Crippen molar-refractivity contribution in [3.63, 3.8) is 0 Å². The molecule has 0 fully saturated rings. The predicted octanol–water partition coefficient (Wildman–Crippen LogP) is 3.07. The predicted molar refractivity (Wildman–Crippen MR) is 82.8 cm³/mol. The number of hydrogen-bond acceptors (Lipinski definition) is 5. The smallest absolute Gasteiger partial charge is 0.222 e. The highest BCUT2D eigenvalue weighted by atomic mass is 79.9. The largest absolute Gasteiger partial charge is 0.382 e. The lowest BCUT2D eigenvalue weighted by Crippen LogP contribution is -2.06. The molecular weight excluding hydrogens is 318 g/mol. The minimum atomic E-state index is 0.0640. The molecule has 2 rings (SSSR count). The Morgan fingerprint density at radius 1 is 1.25 bits per heavy atom. The van der Waals surface area contributed by atoms with Crippen LogP contribution in [-0.2, 0) is 0 Å². The molecule has 6 heteroatoms. The fraction of sp³-hybridized carbons (Fsp3) is 0.214. The number of benzene rings is 1. The average molecular weight is 332 g/mol. The number of nitrogens with zero attached hydrogens (tertiary/aromatic N) is 3. The summed E-state index contributed by atoms with van der Waals surface area (Å²) in [6.45, 7) is 4.15. The molecule has 0 spiro atoms. The topological polar surface area (TPSA) is 102 Å². The molecule has 5 nitrogen and oxygen atoms in total. The quantitative estimate of drug-likeness (QED) is 0.880. The molecule has 0 aliphatic heterocycles. The molecule has 0 saturated heterocycles. The van der Waals surface area contributed by atoms with Gasteiger partial charge < -0.3 is 11.5 Å². The second-order valence-corrected chi connectivity index (χ2v) is 5.60. The van der Waals surface area contributed by atoms with Crippen LogP contribution in [0.15, 0.2) is 22.7 Å². The van der Waals surface area contributed by atoms with E-state index >= 15 is 0 Å². The van der Waals surface area contributed by atoms with E-state index in [4.69, 9.17) is 11.5 Å². The number of nitrogen functional groups attached to an aromatic ring is 2. The van der Waals surface area contributed by atoms with Crippen LogP contribution in [0.1, 0.15) is 30.9 Å². The second kappa shape index (κ2) is 5.47. The Bertz CT molecular complexity index is 703. The Labute approximate surface area is 125 Å². The fourth-order valence-electron chi connectivity index (χ4n) is 2.03. The molecular formula is C14H14BrN5. The third-order valence-electron chi connectivity index (χ3n) is 2.96. The first-order valence-corrected chi connectivity index (χ1v) is 6.86. The normalized spacial score (nSPS) is 10.6. The number of hydrogen-bond donors (Lipinski definition) is 2. The van der Waals surface area contributed by atoms with Gasteiger partial charge in [-0.2, -0.15) is 10.2 Å². The van der Waals surface area contributed by atoms with E-state index in [1.165, 1.54) is 0 Å². The fourth-order valence-corrected chi connectivity index (χ4v) is 2.41. The van der Waals surface area contributed by atoms with Crippen LogP contribution in [0.3, 0.4) is 0 Å². The molecule has 0 amide bonds. The number of nitrogens with two attached hydrogens (primary N) is 2. The van der Waals surface area contributed by atoms with Crippen LogP contribution in [0, 0.1) is 11.3 Å². The summed E-state index contributed by atoms with van der Waals surface area (Å²) in [5.41, 5.74) is 14.1. The van der Waals surface area contributed by atoms with E-state index in [1.807, 2.05) is 18.2 Å². The molecule has 0 bridgehead atoms. The molecule has 1 heterocycles. The molecule has 0 unspecified atom stereocenters. The number of halogens is 1. The van der Waals surface area contributed by atoms with Crippen molar-refractivity contribution >= 4 is 27.7 Å². The van der Waals surface area contributed by atoms with Crippen molar-refractivity contribution in [2.45, 2.75) is 19.8 Å². The Morgan fingerprint density at radius 3 is 2.55 bits per heavy atom.